The Labute approximate surface area is 119 Å². The summed E-state index contributed by atoms with van der Waals surface area (Å²) in [5.41, 5.74) is 1.56. The van der Waals surface area contributed by atoms with Crippen LogP contribution < -0.4 is 4.90 Å². The Hall–Kier alpha value is -2.47. The second-order valence-electron chi connectivity index (χ2n) is 4.09. The number of benzene rings is 2. The Balaban J connectivity index is 2.32. The van der Waals surface area contributed by atoms with Crippen LogP contribution in [0.5, 0.6) is 0 Å². The molecule has 6 heteroatoms. The van der Waals surface area contributed by atoms with Crippen LogP contribution in [0.3, 0.4) is 0 Å². The molecule has 0 N–H and O–H groups in total. The van der Waals surface area contributed by atoms with Crippen LogP contribution >= 0.6 is 0 Å². The average molecular weight is 288 g/mol. The maximum absolute atomic E-state index is 11.4. The molecule has 0 atom stereocenters. The summed E-state index contributed by atoms with van der Waals surface area (Å²) in [6, 6.07) is 15.4. The Morgan fingerprint density at radius 1 is 1.10 bits per heavy atom. The zero-order chi connectivity index (χ0) is 14.5. The van der Waals surface area contributed by atoms with Gasteiger partial charge in [0.25, 0.3) is 5.69 Å². The van der Waals surface area contributed by atoms with E-state index in [0.29, 0.717) is 16.2 Å². The van der Waals surface area contributed by atoms with Crippen LogP contribution in [0.4, 0.5) is 11.4 Å². The molecule has 0 aliphatic carbocycles. The number of non-ortho nitro benzene ring substituents is 1. The molecule has 2 aromatic rings. The molecule has 0 heterocycles. The summed E-state index contributed by atoms with van der Waals surface area (Å²) in [6.45, 7) is 0. The van der Waals surface area contributed by atoms with Crippen molar-refractivity contribution >= 4 is 27.6 Å². The van der Waals surface area contributed by atoms with Crippen LogP contribution in [-0.4, -0.2) is 21.2 Å². The number of hydrogen-bond donors (Lipinski definition) is 0. The fourth-order valence-electron chi connectivity index (χ4n) is 1.79. The van der Waals surface area contributed by atoms with Gasteiger partial charge in [-0.2, -0.15) is 0 Å². The molecule has 0 radical (unpaired) electrons. The van der Waals surface area contributed by atoms with Gasteiger partial charge >= 0.3 is 0 Å². The smallest absolute Gasteiger partial charge is 0.269 e. The van der Waals surface area contributed by atoms with E-state index in [9.17, 15) is 14.3 Å². The molecule has 2 aromatic carbocycles. The highest BCUT2D eigenvalue weighted by Crippen LogP contribution is 2.19. The summed E-state index contributed by atoms with van der Waals surface area (Å²) in [7, 11) is 1.76. The molecule has 0 spiro atoms. The molecule has 2 rings (SSSR count). The molecule has 0 amide bonds. The van der Waals surface area contributed by atoms with E-state index < -0.39 is 4.92 Å². The third-order valence-corrected chi connectivity index (χ3v) is 3.52. The normalized spacial score (nSPS) is 9.85. The summed E-state index contributed by atoms with van der Waals surface area (Å²) in [6.07, 6.45) is 0. The third-order valence-electron chi connectivity index (χ3n) is 2.85. The van der Waals surface area contributed by atoms with Crippen molar-refractivity contribution in [1.82, 2.24) is 0 Å². The lowest BCUT2D eigenvalue weighted by Gasteiger charge is -2.19. The Morgan fingerprint density at radius 3 is 2.20 bits per heavy atom. The first-order valence-corrected chi connectivity index (χ1v) is 6.58. The molecule has 0 bridgehead atoms. The first kappa shape index (κ1) is 14.0. The van der Waals surface area contributed by atoms with Gasteiger partial charge in [-0.15, -0.1) is 0 Å². The minimum Gasteiger partial charge on any atom is -0.333 e. The second kappa shape index (κ2) is 6.12. The van der Waals surface area contributed by atoms with Crippen molar-refractivity contribution in [3.05, 3.63) is 70.3 Å². The molecule has 5 nitrogen and oxygen atoms in total. The highest BCUT2D eigenvalue weighted by molar-refractivity contribution is 7.67. The molecule has 0 saturated heterocycles. The van der Waals surface area contributed by atoms with E-state index in [-0.39, 0.29) is 5.69 Å². The van der Waals surface area contributed by atoms with Gasteiger partial charge in [0, 0.05) is 30.4 Å². The first-order valence-electron chi connectivity index (χ1n) is 5.84. The quantitative estimate of drug-likeness (QED) is 0.494. The van der Waals surface area contributed by atoms with Gasteiger partial charge in [0.2, 0.25) is 0 Å². The minimum atomic E-state index is -0.450. The SMILES string of the molecule is CN(C(=S=O)c1ccccc1)c1ccc([N+](=O)[O-])cc1. The van der Waals surface area contributed by atoms with Gasteiger partial charge in [0.05, 0.1) is 4.92 Å². The van der Waals surface area contributed by atoms with E-state index in [0.717, 1.165) is 11.3 Å². The highest BCUT2D eigenvalue weighted by atomic mass is 32.1. The van der Waals surface area contributed by atoms with Crippen molar-refractivity contribution in [3.8, 4) is 0 Å². The van der Waals surface area contributed by atoms with Crippen LogP contribution in [0.25, 0.3) is 0 Å². The molecule has 102 valence electrons. The monoisotopic (exact) mass is 288 g/mol. The van der Waals surface area contributed by atoms with E-state index in [1.807, 2.05) is 30.3 Å². The van der Waals surface area contributed by atoms with E-state index in [1.165, 1.54) is 12.1 Å². The lowest BCUT2D eigenvalue weighted by molar-refractivity contribution is -0.384. The molecule has 0 unspecified atom stereocenters. The van der Waals surface area contributed by atoms with Gasteiger partial charge in [-0.1, -0.05) is 30.3 Å². The van der Waals surface area contributed by atoms with Crippen molar-refractivity contribution in [2.75, 3.05) is 11.9 Å². The van der Waals surface area contributed by atoms with Gasteiger partial charge in [0.1, 0.15) is 16.2 Å². The molecule has 0 fully saturated rings. The second-order valence-corrected chi connectivity index (χ2v) is 4.64. The van der Waals surface area contributed by atoms with Crippen LogP contribution in [0, 0.1) is 10.1 Å². The molecule has 0 aromatic heterocycles. The zero-order valence-corrected chi connectivity index (χ0v) is 11.5. The predicted octanol–water partition coefficient (Wildman–Crippen LogP) is 2.42. The number of anilines is 1. The zero-order valence-electron chi connectivity index (χ0n) is 10.7. The largest absolute Gasteiger partial charge is 0.333 e. The van der Waals surface area contributed by atoms with Crippen molar-refractivity contribution < 1.29 is 9.13 Å². The lowest BCUT2D eigenvalue weighted by Crippen LogP contribution is -2.27. The molecular formula is C14H12N2O3S. The number of hydrogen-bond acceptors (Lipinski definition) is 3. The van der Waals surface area contributed by atoms with E-state index in [2.05, 4.69) is 0 Å². The van der Waals surface area contributed by atoms with Crippen molar-refractivity contribution in [3.63, 3.8) is 0 Å². The minimum absolute atomic E-state index is 0.0261. The van der Waals surface area contributed by atoms with Crippen LogP contribution in [0.15, 0.2) is 54.6 Å². The fourth-order valence-corrected chi connectivity index (χ4v) is 2.24. The summed E-state index contributed by atoms with van der Waals surface area (Å²) in [5, 5.41) is 10.6. The molecule has 0 saturated carbocycles. The van der Waals surface area contributed by atoms with Gasteiger partial charge in [-0.25, -0.2) is 4.21 Å². The predicted molar refractivity (Wildman–Crippen MR) is 80.2 cm³/mol. The van der Waals surface area contributed by atoms with Crippen molar-refractivity contribution in [2.24, 2.45) is 0 Å². The fraction of sp³-hybridized carbons (Fsp3) is 0.0714. The van der Waals surface area contributed by atoms with Gasteiger partial charge in [-0.3, -0.25) is 10.1 Å². The number of nitro benzene ring substituents is 1. The number of rotatable bonds is 3. The van der Waals surface area contributed by atoms with Crippen molar-refractivity contribution in [1.29, 1.82) is 0 Å². The first-order chi connectivity index (χ1) is 9.63. The summed E-state index contributed by atoms with van der Waals surface area (Å²) in [4.78, 5) is 12.4. The Morgan fingerprint density at radius 2 is 1.70 bits per heavy atom. The molecule has 20 heavy (non-hydrogen) atoms. The van der Waals surface area contributed by atoms with Crippen LogP contribution in [0.2, 0.25) is 0 Å². The maximum atomic E-state index is 11.4. The van der Waals surface area contributed by atoms with Crippen LogP contribution in [0.1, 0.15) is 5.56 Å². The number of nitrogens with zero attached hydrogens (tertiary/aromatic N) is 2. The Bertz CT molecular complexity index is 665. The summed E-state index contributed by atoms with van der Waals surface area (Å²) in [5.74, 6) is 0. The third kappa shape index (κ3) is 2.92. The topological polar surface area (TPSA) is 63.5 Å². The highest BCUT2D eigenvalue weighted by Gasteiger charge is 2.12. The van der Waals surface area contributed by atoms with Gasteiger partial charge in [0.15, 0.2) is 0 Å². The Kier molecular flexibility index (Phi) is 4.27. The standard InChI is InChI=1S/C14H12N2O3S/c1-15(12-7-9-13(10-8-12)16(17)18)14(20-19)11-5-3-2-4-6-11/h2-10H,1H3. The number of nitro groups is 1. The molecule has 0 aliphatic heterocycles. The summed E-state index contributed by atoms with van der Waals surface area (Å²) < 4.78 is 11.4. The van der Waals surface area contributed by atoms with Crippen molar-refractivity contribution in [2.45, 2.75) is 0 Å². The summed E-state index contributed by atoms with van der Waals surface area (Å²) >= 11 is 0.395. The average Bonchev–Trinajstić information content (AvgIpc) is 2.49. The van der Waals surface area contributed by atoms with Crippen LogP contribution in [-0.2, 0) is 11.3 Å². The van der Waals surface area contributed by atoms with Gasteiger partial charge in [-0.05, 0) is 12.1 Å². The molecule has 0 aliphatic rings. The van der Waals surface area contributed by atoms with E-state index in [1.54, 1.807) is 24.1 Å². The maximum Gasteiger partial charge on any atom is 0.269 e. The molecular weight excluding hydrogens is 276 g/mol. The van der Waals surface area contributed by atoms with Gasteiger partial charge < -0.3 is 4.90 Å². The lowest BCUT2D eigenvalue weighted by atomic mass is 10.2. The van der Waals surface area contributed by atoms with E-state index in [4.69, 9.17) is 0 Å². The van der Waals surface area contributed by atoms with E-state index >= 15 is 0 Å².